The van der Waals surface area contributed by atoms with Crippen molar-refractivity contribution in [1.82, 2.24) is 39.4 Å². The summed E-state index contributed by atoms with van der Waals surface area (Å²) in [4.78, 5) is 26.1. The Balaban J connectivity index is 1.22. The van der Waals surface area contributed by atoms with Crippen LogP contribution in [0.4, 0.5) is 17.5 Å². The average molecular weight is 441 g/mol. The predicted octanol–water partition coefficient (Wildman–Crippen LogP) is 2.87. The monoisotopic (exact) mass is 440 g/mol. The first kappa shape index (κ1) is 19.6. The maximum atomic E-state index is 4.68. The highest BCUT2D eigenvalue weighted by Gasteiger charge is 2.15. The molecule has 166 valence electrons. The molecule has 1 aliphatic heterocycles. The molecule has 1 aliphatic rings. The van der Waals surface area contributed by atoms with Crippen LogP contribution >= 0.6 is 0 Å². The summed E-state index contributed by atoms with van der Waals surface area (Å²) in [7, 11) is 2.15. The lowest BCUT2D eigenvalue weighted by Gasteiger charge is -2.33. The van der Waals surface area contributed by atoms with E-state index in [-0.39, 0.29) is 0 Å². The van der Waals surface area contributed by atoms with Crippen molar-refractivity contribution >= 4 is 34.1 Å². The van der Waals surface area contributed by atoms with Gasteiger partial charge in [-0.2, -0.15) is 10.1 Å². The number of pyridine rings is 1. The van der Waals surface area contributed by atoms with E-state index in [0.717, 1.165) is 71.3 Å². The van der Waals surface area contributed by atoms with Gasteiger partial charge in [-0.1, -0.05) is 0 Å². The zero-order valence-electron chi connectivity index (χ0n) is 18.5. The number of aromatic amines is 1. The molecule has 0 aromatic carbocycles. The van der Waals surface area contributed by atoms with E-state index in [1.807, 2.05) is 56.0 Å². The van der Waals surface area contributed by atoms with E-state index in [4.69, 9.17) is 0 Å². The third kappa shape index (κ3) is 3.74. The number of imidazole rings is 1. The highest BCUT2D eigenvalue weighted by Crippen LogP contribution is 2.27. The third-order valence-corrected chi connectivity index (χ3v) is 5.98. The second-order valence-electron chi connectivity index (χ2n) is 8.38. The van der Waals surface area contributed by atoms with E-state index in [2.05, 4.69) is 52.2 Å². The van der Waals surface area contributed by atoms with E-state index in [1.165, 1.54) is 0 Å². The normalized spacial score (nSPS) is 14.9. The molecule has 10 heteroatoms. The van der Waals surface area contributed by atoms with Crippen LogP contribution in [-0.2, 0) is 0 Å². The van der Waals surface area contributed by atoms with Crippen LogP contribution in [0.15, 0.2) is 49.1 Å². The number of aryl methyl sites for hydroxylation is 1. The molecular formula is C23H24N10. The quantitative estimate of drug-likeness (QED) is 0.440. The Morgan fingerprint density at radius 2 is 1.85 bits per heavy atom. The van der Waals surface area contributed by atoms with Gasteiger partial charge in [0.05, 0.1) is 29.5 Å². The van der Waals surface area contributed by atoms with Crippen molar-refractivity contribution in [3.8, 4) is 11.3 Å². The van der Waals surface area contributed by atoms with Crippen molar-refractivity contribution in [2.24, 2.45) is 0 Å². The first-order valence-electron chi connectivity index (χ1n) is 11.0. The fourth-order valence-corrected chi connectivity index (χ4v) is 4.14. The van der Waals surface area contributed by atoms with Gasteiger partial charge in [0.15, 0.2) is 5.65 Å². The van der Waals surface area contributed by atoms with E-state index in [9.17, 15) is 0 Å². The summed E-state index contributed by atoms with van der Waals surface area (Å²) in [5, 5.41) is 8.84. The maximum absolute atomic E-state index is 4.68. The Morgan fingerprint density at radius 1 is 0.970 bits per heavy atom. The fraction of sp³-hybridized carbons (Fsp3) is 0.261. The lowest BCUT2D eigenvalue weighted by molar-refractivity contribution is 0.312. The summed E-state index contributed by atoms with van der Waals surface area (Å²) in [6.45, 7) is 6.05. The minimum atomic E-state index is 0.513. The number of nitrogens with zero attached hydrogens (tertiary/aromatic N) is 8. The molecule has 1 fully saturated rings. The lowest BCUT2D eigenvalue weighted by Crippen LogP contribution is -2.44. The number of nitrogens with one attached hydrogen (secondary N) is 2. The first-order chi connectivity index (χ1) is 16.1. The highest BCUT2D eigenvalue weighted by molar-refractivity contribution is 5.92. The number of fused-ring (bicyclic) bond motifs is 2. The Bertz CT molecular complexity index is 1430. The van der Waals surface area contributed by atoms with Gasteiger partial charge in [-0.25, -0.2) is 19.5 Å². The summed E-state index contributed by atoms with van der Waals surface area (Å²) < 4.78 is 1.79. The molecule has 0 amide bonds. The van der Waals surface area contributed by atoms with Crippen LogP contribution in [0.1, 0.15) is 5.69 Å². The Hall–Kier alpha value is -4.05. The molecular weight excluding hydrogens is 416 g/mol. The van der Waals surface area contributed by atoms with Gasteiger partial charge in [-0.15, -0.1) is 0 Å². The number of piperazine rings is 1. The van der Waals surface area contributed by atoms with Crippen LogP contribution in [0.25, 0.3) is 27.9 Å². The molecule has 0 saturated carbocycles. The Morgan fingerprint density at radius 3 is 2.67 bits per heavy atom. The van der Waals surface area contributed by atoms with Crippen LogP contribution in [0.3, 0.4) is 0 Å². The molecule has 0 unspecified atom stereocenters. The molecule has 0 aliphatic carbocycles. The van der Waals surface area contributed by atoms with Gasteiger partial charge in [0.2, 0.25) is 5.95 Å². The van der Waals surface area contributed by atoms with E-state index in [1.54, 1.807) is 4.52 Å². The molecule has 6 heterocycles. The SMILES string of the molecule is Cc1cn2nc(-c3c[nH]c4nc(Nc5ccc(N6CCN(C)CC6)nc5)ncc34)ccc2n1. The van der Waals surface area contributed by atoms with Crippen molar-refractivity contribution in [1.29, 1.82) is 0 Å². The minimum Gasteiger partial charge on any atom is -0.354 e. The van der Waals surface area contributed by atoms with E-state index in [0.29, 0.717) is 5.95 Å². The summed E-state index contributed by atoms with van der Waals surface area (Å²) in [6.07, 6.45) is 7.46. The number of H-pyrrole nitrogens is 1. The number of anilines is 3. The van der Waals surface area contributed by atoms with Crippen molar-refractivity contribution in [3.05, 3.63) is 54.7 Å². The van der Waals surface area contributed by atoms with Gasteiger partial charge >= 0.3 is 0 Å². The average Bonchev–Trinajstić information content (AvgIpc) is 3.41. The Labute approximate surface area is 190 Å². The number of hydrogen-bond acceptors (Lipinski definition) is 8. The van der Waals surface area contributed by atoms with Crippen molar-refractivity contribution in [2.45, 2.75) is 6.92 Å². The molecule has 5 aromatic heterocycles. The largest absolute Gasteiger partial charge is 0.354 e. The third-order valence-electron chi connectivity index (χ3n) is 5.98. The molecule has 5 aromatic rings. The summed E-state index contributed by atoms with van der Waals surface area (Å²) in [5.74, 6) is 1.51. The fourth-order valence-electron chi connectivity index (χ4n) is 4.14. The second-order valence-corrected chi connectivity index (χ2v) is 8.38. The second kappa shape index (κ2) is 7.82. The maximum Gasteiger partial charge on any atom is 0.229 e. The van der Waals surface area contributed by atoms with Gasteiger partial charge in [-0.3, -0.25) is 0 Å². The lowest BCUT2D eigenvalue weighted by atomic mass is 10.2. The summed E-state index contributed by atoms with van der Waals surface area (Å²) >= 11 is 0. The van der Waals surface area contributed by atoms with Gasteiger partial charge in [0.1, 0.15) is 11.5 Å². The molecule has 0 atom stereocenters. The molecule has 33 heavy (non-hydrogen) atoms. The van der Waals surface area contributed by atoms with Crippen molar-refractivity contribution in [2.75, 3.05) is 43.4 Å². The van der Waals surface area contributed by atoms with Crippen molar-refractivity contribution in [3.63, 3.8) is 0 Å². The first-order valence-corrected chi connectivity index (χ1v) is 11.0. The van der Waals surface area contributed by atoms with Gasteiger partial charge in [-0.05, 0) is 38.2 Å². The molecule has 6 rings (SSSR count). The number of hydrogen-bond donors (Lipinski definition) is 2. The number of aromatic nitrogens is 7. The standard InChI is InChI=1S/C23H24N10/c1-15-14-33-21(27-15)6-4-19(30-33)17-12-25-22-18(17)13-26-23(29-22)28-16-3-5-20(24-11-16)32-9-7-31(2)8-10-32/h3-6,11-14H,7-10H2,1-2H3,(H2,25,26,28,29). The highest BCUT2D eigenvalue weighted by atomic mass is 15.3. The Kier molecular flexibility index (Phi) is 4.65. The van der Waals surface area contributed by atoms with Gasteiger partial charge in [0, 0.05) is 49.5 Å². The van der Waals surface area contributed by atoms with E-state index < -0.39 is 0 Å². The minimum absolute atomic E-state index is 0.513. The van der Waals surface area contributed by atoms with Gasteiger partial charge in [0.25, 0.3) is 0 Å². The zero-order valence-corrected chi connectivity index (χ0v) is 18.5. The molecule has 1 saturated heterocycles. The van der Waals surface area contributed by atoms with Gasteiger partial charge < -0.3 is 20.1 Å². The molecule has 10 nitrogen and oxygen atoms in total. The smallest absolute Gasteiger partial charge is 0.229 e. The number of likely N-dealkylation sites (N-methyl/N-ethyl adjacent to an activating group) is 1. The predicted molar refractivity (Wildman–Crippen MR) is 128 cm³/mol. The molecule has 0 spiro atoms. The summed E-state index contributed by atoms with van der Waals surface area (Å²) in [6, 6.07) is 7.98. The number of rotatable bonds is 4. The van der Waals surface area contributed by atoms with Crippen LogP contribution in [-0.4, -0.2) is 72.7 Å². The van der Waals surface area contributed by atoms with Crippen molar-refractivity contribution < 1.29 is 0 Å². The molecule has 0 radical (unpaired) electrons. The van der Waals surface area contributed by atoms with Crippen LogP contribution in [0, 0.1) is 6.92 Å². The summed E-state index contributed by atoms with van der Waals surface area (Å²) in [5.41, 5.74) is 5.13. The topological polar surface area (TPSA) is 103 Å². The van der Waals surface area contributed by atoms with Crippen LogP contribution in [0.5, 0.6) is 0 Å². The molecule has 2 N–H and O–H groups in total. The van der Waals surface area contributed by atoms with E-state index >= 15 is 0 Å². The molecule has 0 bridgehead atoms. The van der Waals surface area contributed by atoms with Crippen LogP contribution in [0.2, 0.25) is 0 Å². The zero-order chi connectivity index (χ0) is 22.4. The van der Waals surface area contributed by atoms with Crippen LogP contribution < -0.4 is 10.2 Å².